The summed E-state index contributed by atoms with van der Waals surface area (Å²) in [6, 6.07) is -0.125. The molecule has 0 aliphatic rings. The zero-order valence-corrected chi connectivity index (χ0v) is 14.4. The quantitative estimate of drug-likeness (QED) is 0.487. The Hall–Kier alpha value is -2.86. The SMILES string of the molecule is CCSc1nnc(NC(=O)c2coc(NC(=O)c3cnccn3)n2)s1. The van der Waals surface area contributed by atoms with E-state index in [4.69, 9.17) is 4.42 Å². The van der Waals surface area contributed by atoms with Gasteiger partial charge in [0.05, 0.1) is 6.20 Å². The van der Waals surface area contributed by atoms with E-state index in [2.05, 4.69) is 35.8 Å². The first-order chi connectivity index (χ1) is 12.2. The lowest BCUT2D eigenvalue weighted by molar-refractivity contribution is 0.101. The number of hydrogen-bond acceptors (Lipinski definition) is 10. The van der Waals surface area contributed by atoms with Crippen LogP contribution in [0.25, 0.3) is 0 Å². The van der Waals surface area contributed by atoms with Crippen molar-refractivity contribution in [2.75, 3.05) is 16.4 Å². The molecule has 3 aromatic rings. The number of carbonyl (C=O) groups is 2. The van der Waals surface area contributed by atoms with Gasteiger partial charge < -0.3 is 4.42 Å². The normalized spacial score (nSPS) is 10.4. The molecule has 0 aromatic carbocycles. The number of carbonyl (C=O) groups excluding carboxylic acids is 2. The van der Waals surface area contributed by atoms with E-state index in [0.717, 1.165) is 16.4 Å². The molecule has 3 heterocycles. The highest BCUT2D eigenvalue weighted by Crippen LogP contribution is 2.25. The molecule has 2 N–H and O–H groups in total. The van der Waals surface area contributed by atoms with E-state index < -0.39 is 11.8 Å². The number of nitrogens with zero attached hydrogens (tertiary/aromatic N) is 5. The van der Waals surface area contributed by atoms with Gasteiger partial charge >= 0.3 is 6.01 Å². The fraction of sp³-hybridized carbons (Fsp3) is 0.154. The summed E-state index contributed by atoms with van der Waals surface area (Å²) >= 11 is 2.79. The second-order valence-electron chi connectivity index (χ2n) is 4.34. The molecule has 0 radical (unpaired) electrons. The van der Waals surface area contributed by atoms with Crippen LogP contribution in [-0.2, 0) is 0 Å². The molecule has 2 amide bonds. The maximum absolute atomic E-state index is 12.1. The summed E-state index contributed by atoms with van der Waals surface area (Å²) in [7, 11) is 0. The molecule has 0 aliphatic carbocycles. The van der Waals surface area contributed by atoms with Gasteiger partial charge in [-0.3, -0.25) is 25.2 Å². The first kappa shape index (κ1) is 17.0. The Morgan fingerprint density at radius 3 is 2.80 bits per heavy atom. The third kappa shape index (κ3) is 4.36. The smallest absolute Gasteiger partial charge is 0.302 e. The van der Waals surface area contributed by atoms with Crippen LogP contribution in [-0.4, -0.2) is 42.7 Å². The van der Waals surface area contributed by atoms with Crippen molar-refractivity contribution >= 4 is 46.1 Å². The minimum Gasteiger partial charge on any atom is -0.431 e. The van der Waals surface area contributed by atoms with Crippen molar-refractivity contribution in [2.24, 2.45) is 0 Å². The number of hydrogen-bond donors (Lipinski definition) is 2. The number of nitrogens with one attached hydrogen (secondary N) is 2. The van der Waals surface area contributed by atoms with Gasteiger partial charge in [-0.15, -0.1) is 10.2 Å². The molecule has 3 aromatic heterocycles. The first-order valence-corrected chi connectivity index (χ1v) is 8.76. The largest absolute Gasteiger partial charge is 0.431 e. The maximum atomic E-state index is 12.1. The molecule has 0 saturated carbocycles. The monoisotopic (exact) mass is 377 g/mol. The maximum Gasteiger partial charge on any atom is 0.302 e. The molecule has 0 spiro atoms. The molecule has 3 rings (SSSR count). The Morgan fingerprint density at radius 2 is 2.04 bits per heavy atom. The van der Waals surface area contributed by atoms with Crippen LogP contribution in [0.2, 0.25) is 0 Å². The third-order valence-electron chi connectivity index (χ3n) is 2.65. The van der Waals surface area contributed by atoms with Gasteiger partial charge in [-0.2, -0.15) is 4.98 Å². The number of aromatic nitrogens is 5. The predicted octanol–water partition coefficient (Wildman–Crippen LogP) is 1.93. The minimum atomic E-state index is -0.549. The van der Waals surface area contributed by atoms with Gasteiger partial charge in [0, 0.05) is 12.4 Å². The van der Waals surface area contributed by atoms with Crippen molar-refractivity contribution in [3.05, 3.63) is 36.2 Å². The van der Waals surface area contributed by atoms with Crippen LogP contribution < -0.4 is 10.6 Å². The summed E-state index contributed by atoms with van der Waals surface area (Å²) in [6.45, 7) is 2.00. The first-order valence-electron chi connectivity index (χ1n) is 6.96. The topological polar surface area (TPSA) is 136 Å². The van der Waals surface area contributed by atoms with E-state index in [-0.39, 0.29) is 17.4 Å². The van der Waals surface area contributed by atoms with E-state index in [1.807, 2.05) is 6.92 Å². The average molecular weight is 377 g/mol. The summed E-state index contributed by atoms with van der Waals surface area (Å²) in [5.41, 5.74) is 0.0934. The molecule has 0 atom stereocenters. The Balaban J connectivity index is 1.62. The molecule has 0 bridgehead atoms. The number of amides is 2. The minimum absolute atomic E-state index is 0.00524. The predicted molar refractivity (Wildman–Crippen MR) is 90.7 cm³/mol. The fourth-order valence-electron chi connectivity index (χ4n) is 1.62. The van der Waals surface area contributed by atoms with Crippen molar-refractivity contribution in [3.8, 4) is 0 Å². The van der Waals surface area contributed by atoms with Crippen LogP contribution in [0, 0.1) is 0 Å². The number of oxazole rings is 1. The van der Waals surface area contributed by atoms with Gasteiger partial charge in [0.1, 0.15) is 12.0 Å². The van der Waals surface area contributed by atoms with E-state index in [1.165, 1.54) is 41.7 Å². The summed E-state index contributed by atoms with van der Waals surface area (Å²) in [4.78, 5) is 35.6. The molecule has 0 unspecified atom stereocenters. The van der Waals surface area contributed by atoms with Crippen LogP contribution in [0.4, 0.5) is 11.1 Å². The molecule has 25 heavy (non-hydrogen) atoms. The van der Waals surface area contributed by atoms with Crippen molar-refractivity contribution in [1.29, 1.82) is 0 Å². The Labute approximate surface area is 149 Å². The van der Waals surface area contributed by atoms with Crippen molar-refractivity contribution < 1.29 is 14.0 Å². The van der Waals surface area contributed by atoms with Crippen molar-refractivity contribution in [2.45, 2.75) is 11.3 Å². The lowest BCUT2D eigenvalue weighted by Gasteiger charge is -1.98. The zero-order chi connectivity index (χ0) is 17.6. The molecule has 0 aliphatic heterocycles. The second kappa shape index (κ2) is 7.81. The Morgan fingerprint density at radius 1 is 1.20 bits per heavy atom. The lowest BCUT2D eigenvalue weighted by atomic mass is 10.4. The van der Waals surface area contributed by atoms with Crippen molar-refractivity contribution in [3.63, 3.8) is 0 Å². The number of thioether (sulfide) groups is 1. The van der Waals surface area contributed by atoms with Gasteiger partial charge in [-0.25, -0.2) is 4.98 Å². The molecule has 0 saturated heterocycles. The van der Waals surface area contributed by atoms with E-state index in [9.17, 15) is 9.59 Å². The highest BCUT2D eigenvalue weighted by molar-refractivity contribution is 8.01. The van der Waals surface area contributed by atoms with Gasteiger partial charge in [-0.05, 0) is 5.75 Å². The van der Waals surface area contributed by atoms with Crippen LogP contribution in [0.1, 0.15) is 27.9 Å². The fourth-order valence-corrected chi connectivity index (χ4v) is 3.26. The highest BCUT2D eigenvalue weighted by atomic mass is 32.2. The Kier molecular flexibility index (Phi) is 5.30. The standard InChI is InChI=1S/C13H11N7O3S2/c1-2-24-13-20-19-12(25-13)18-10(22)8-6-23-11(16-8)17-9(21)7-5-14-3-4-15-7/h3-6H,2H2,1H3,(H,16,17,21)(H,18,19,22). The summed E-state index contributed by atoms with van der Waals surface area (Å²) in [5.74, 6) is -0.207. The van der Waals surface area contributed by atoms with E-state index in [1.54, 1.807) is 0 Å². The third-order valence-corrected chi connectivity index (χ3v) is 4.50. The Bertz CT molecular complexity index is 881. The summed E-state index contributed by atoms with van der Waals surface area (Å²) < 4.78 is 5.83. The van der Waals surface area contributed by atoms with Gasteiger partial charge in [0.15, 0.2) is 10.0 Å². The van der Waals surface area contributed by atoms with Crippen LogP contribution >= 0.6 is 23.1 Å². The number of anilines is 2. The molecule has 0 fully saturated rings. The molecular formula is C13H11N7O3S2. The number of rotatable bonds is 6. The molecular weight excluding hydrogens is 366 g/mol. The molecule has 128 valence electrons. The van der Waals surface area contributed by atoms with Crippen LogP contribution in [0.5, 0.6) is 0 Å². The van der Waals surface area contributed by atoms with E-state index in [0.29, 0.717) is 5.13 Å². The highest BCUT2D eigenvalue weighted by Gasteiger charge is 2.17. The van der Waals surface area contributed by atoms with Gasteiger partial charge in [-0.1, -0.05) is 30.0 Å². The summed E-state index contributed by atoms with van der Waals surface area (Å²) in [6.07, 6.45) is 5.26. The van der Waals surface area contributed by atoms with Gasteiger partial charge in [0.25, 0.3) is 11.8 Å². The second-order valence-corrected chi connectivity index (χ2v) is 6.83. The average Bonchev–Trinajstić information content (AvgIpc) is 3.26. The van der Waals surface area contributed by atoms with Crippen LogP contribution in [0.3, 0.4) is 0 Å². The van der Waals surface area contributed by atoms with Crippen molar-refractivity contribution in [1.82, 2.24) is 25.1 Å². The van der Waals surface area contributed by atoms with E-state index >= 15 is 0 Å². The van der Waals surface area contributed by atoms with Gasteiger partial charge in [0.2, 0.25) is 5.13 Å². The molecule has 10 nitrogen and oxygen atoms in total. The zero-order valence-electron chi connectivity index (χ0n) is 12.8. The summed E-state index contributed by atoms with van der Waals surface area (Å²) in [5, 5.41) is 13.1. The lowest BCUT2D eigenvalue weighted by Crippen LogP contribution is -2.15. The molecule has 12 heteroatoms. The van der Waals surface area contributed by atoms with Crippen LogP contribution in [0.15, 0.2) is 33.6 Å².